The van der Waals surface area contributed by atoms with E-state index < -0.39 is 0 Å². The van der Waals surface area contributed by atoms with Crippen LogP contribution in [0.25, 0.3) is 0 Å². The minimum absolute atomic E-state index is 0.455. The summed E-state index contributed by atoms with van der Waals surface area (Å²) in [6.07, 6.45) is 0. The van der Waals surface area contributed by atoms with Crippen molar-refractivity contribution in [2.75, 3.05) is 14.2 Å². The monoisotopic (exact) mass is 477 g/mol. The Labute approximate surface area is 144 Å². The molecule has 0 aromatic carbocycles. The fraction of sp³-hybridized carbons (Fsp3) is 0.600. The third-order valence-corrected chi connectivity index (χ3v) is 1.80. The van der Waals surface area contributed by atoms with Crippen LogP contribution in [0.4, 0.5) is 0 Å². The fourth-order valence-electron chi connectivity index (χ4n) is 0.551. The topological polar surface area (TPSA) is 108 Å². The molecule has 0 atom stereocenters. The average molecular weight is 479 g/mol. The first-order chi connectivity index (χ1) is 9.85. The molecule has 0 aliphatic heterocycles. The number of nitrogens with zero attached hydrogens (tertiary/aromatic N) is 4. The molecule has 0 aliphatic carbocycles. The van der Waals surface area contributed by atoms with Gasteiger partial charge in [0, 0.05) is 0 Å². The van der Waals surface area contributed by atoms with Crippen LogP contribution >= 0.6 is 28.3 Å². The van der Waals surface area contributed by atoms with E-state index >= 15 is 0 Å². The molecule has 11 heteroatoms. The van der Waals surface area contributed by atoms with Crippen molar-refractivity contribution in [1.82, 2.24) is 0 Å². The van der Waals surface area contributed by atoms with Gasteiger partial charge < -0.3 is 20.1 Å². The van der Waals surface area contributed by atoms with Gasteiger partial charge >= 0.3 is 39.5 Å². The zero-order valence-electron chi connectivity index (χ0n) is 12.6. The van der Waals surface area contributed by atoms with Gasteiger partial charge in [0.2, 0.25) is 0 Å². The Balaban J connectivity index is -0.000000260. The van der Waals surface area contributed by atoms with Crippen LogP contribution in [0.5, 0.6) is 0 Å². The Morgan fingerprint density at radius 1 is 0.762 bits per heavy atom. The Morgan fingerprint density at radius 3 is 1.14 bits per heavy atom. The summed E-state index contributed by atoms with van der Waals surface area (Å²) in [5.41, 5.74) is 2.05. The van der Waals surface area contributed by atoms with Crippen molar-refractivity contribution >= 4 is 51.2 Å². The predicted octanol–water partition coefficient (Wildman–Crippen LogP) is 3.41. The Morgan fingerprint density at radius 2 is 1.00 bits per heavy atom. The molecule has 0 radical (unpaired) electrons. The molecule has 8 nitrogen and oxygen atoms in total. The van der Waals surface area contributed by atoms with Gasteiger partial charge in [-0.15, -0.1) is 0 Å². The zero-order chi connectivity index (χ0) is 17.3. The molecule has 0 amide bonds. The summed E-state index contributed by atoms with van der Waals surface area (Å²) in [7, 11) is 2.88. The number of halogens is 2. The molecule has 2 N–H and O–H groups in total. The van der Waals surface area contributed by atoms with Gasteiger partial charge in [0.15, 0.2) is 0 Å². The first-order valence-electron chi connectivity index (χ1n) is 5.23. The van der Waals surface area contributed by atoms with Crippen LogP contribution in [0.2, 0.25) is 0 Å². The van der Waals surface area contributed by atoms with Gasteiger partial charge in [0.25, 0.3) is 0 Å². The van der Waals surface area contributed by atoms with E-state index in [9.17, 15) is 0 Å². The molecule has 0 bridgehead atoms. The molecular formula is C10H20Br2CoN4O4. The molecule has 0 fully saturated rings. The Kier molecular flexibility index (Phi) is 23.3. The quantitative estimate of drug-likeness (QED) is 0.366. The van der Waals surface area contributed by atoms with Gasteiger partial charge in [0.05, 0.1) is 0 Å². The maximum absolute atomic E-state index is 8.18. The summed E-state index contributed by atoms with van der Waals surface area (Å²) < 4.78 is 0. The number of rotatable bonds is 4. The molecule has 0 saturated heterocycles. The van der Waals surface area contributed by atoms with Gasteiger partial charge in [-0.05, 0) is 27.7 Å². The Bertz CT molecular complexity index is 342. The fourth-order valence-corrected chi connectivity index (χ4v) is 0.551. The summed E-state index contributed by atoms with van der Waals surface area (Å²) >= 11 is 7.12. The SMILES string of the molecule is CO/N=C(C)/C(C)=N/O.CO/N=C(C)/C(C)=N/O.[Br][Co][Br]. The third-order valence-electron chi connectivity index (χ3n) is 1.80. The van der Waals surface area contributed by atoms with E-state index in [-0.39, 0.29) is 0 Å². The van der Waals surface area contributed by atoms with Crippen molar-refractivity contribution in [3.8, 4) is 0 Å². The zero-order valence-corrected chi connectivity index (χ0v) is 16.8. The normalized spacial score (nSPS) is 12.8. The molecule has 21 heavy (non-hydrogen) atoms. The van der Waals surface area contributed by atoms with Crippen LogP contribution in [0, 0.1) is 0 Å². The van der Waals surface area contributed by atoms with Gasteiger partial charge in [0.1, 0.15) is 37.1 Å². The van der Waals surface area contributed by atoms with Crippen molar-refractivity contribution in [1.29, 1.82) is 0 Å². The number of hydrogen-bond donors (Lipinski definition) is 2. The van der Waals surface area contributed by atoms with E-state index in [0.717, 1.165) is 11.1 Å². The number of oxime groups is 4. The molecular weight excluding hydrogens is 459 g/mol. The molecule has 127 valence electrons. The van der Waals surface area contributed by atoms with E-state index in [1.807, 2.05) is 0 Å². The van der Waals surface area contributed by atoms with E-state index in [0.29, 0.717) is 22.8 Å². The predicted molar refractivity (Wildman–Crippen MR) is 87.9 cm³/mol. The van der Waals surface area contributed by atoms with Crippen molar-refractivity contribution in [3.63, 3.8) is 0 Å². The standard InChI is InChI=1S/2C5H10N2O2.2BrH.Co/c2*1-4(6-8)5(2)7-9-3;;;/h2*8H,1-3H3;2*1H;/q;;;;+2/p-2/b2*6-4+,7-5+;;;. The molecule has 0 rings (SSSR count). The summed E-state index contributed by atoms with van der Waals surface area (Å²) in [6.45, 7) is 6.66. The molecule has 0 saturated carbocycles. The van der Waals surface area contributed by atoms with Gasteiger partial charge in [-0.3, -0.25) is 0 Å². The van der Waals surface area contributed by atoms with Crippen LogP contribution in [-0.2, 0) is 20.8 Å². The molecule has 0 aliphatic rings. The second-order valence-corrected chi connectivity index (χ2v) is 8.39. The van der Waals surface area contributed by atoms with E-state index in [1.165, 1.54) is 14.2 Å². The summed E-state index contributed by atoms with van der Waals surface area (Å²) in [6, 6.07) is 0. The third kappa shape index (κ3) is 19.3. The van der Waals surface area contributed by atoms with Crippen LogP contribution in [0.15, 0.2) is 20.6 Å². The number of hydrogen-bond acceptors (Lipinski definition) is 8. The van der Waals surface area contributed by atoms with E-state index in [1.54, 1.807) is 27.7 Å². The molecule has 0 heterocycles. The van der Waals surface area contributed by atoms with E-state index in [2.05, 4.69) is 58.6 Å². The molecule has 0 spiro atoms. The van der Waals surface area contributed by atoms with Gasteiger partial charge in [-0.1, -0.05) is 20.6 Å². The summed E-state index contributed by atoms with van der Waals surface area (Å²) in [5, 5.41) is 29.2. The van der Waals surface area contributed by atoms with Crippen LogP contribution in [0.1, 0.15) is 27.7 Å². The van der Waals surface area contributed by atoms with Crippen molar-refractivity contribution in [3.05, 3.63) is 0 Å². The van der Waals surface area contributed by atoms with Gasteiger partial charge in [-0.25, -0.2) is 0 Å². The van der Waals surface area contributed by atoms with E-state index in [4.69, 9.17) is 10.4 Å². The van der Waals surface area contributed by atoms with Crippen molar-refractivity contribution in [2.24, 2.45) is 20.6 Å². The van der Waals surface area contributed by atoms with Gasteiger partial charge in [-0.2, -0.15) is 0 Å². The molecule has 0 aromatic heterocycles. The van der Waals surface area contributed by atoms with Crippen LogP contribution in [-0.4, -0.2) is 47.5 Å². The summed E-state index contributed by atoms with van der Waals surface area (Å²) in [4.78, 5) is 8.85. The maximum atomic E-state index is 8.18. The van der Waals surface area contributed by atoms with Crippen LogP contribution < -0.4 is 0 Å². The second kappa shape index (κ2) is 19.3. The second-order valence-electron chi connectivity index (χ2n) is 3.14. The van der Waals surface area contributed by atoms with Crippen molar-refractivity contribution < 1.29 is 31.2 Å². The Hall–Kier alpha value is -0.654. The first-order valence-corrected chi connectivity index (χ1v) is 10.4. The minimum atomic E-state index is 0.455. The average Bonchev–Trinajstić information content (AvgIpc) is 2.47. The molecule has 0 unspecified atom stereocenters. The summed E-state index contributed by atoms with van der Waals surface area (Å²) in [5.74, 6) is 0. The van der Waals surface area contributed by atoms with Crippen molar-refractivity contribution in [2.45, 2.75) is 27.7 Å². The van der Waals surface area contributed by atoms with Crippen LogP contribution in [0.3, 0.4) is 0 Å². The first kappa shape index (κ1) is 25.3. The molecule has 0 aromatic rings.